The van der Waals surface area contributed by atoms with Gasteiger partial charge in [0.05, 0.1) is 24.0 Å². The number of halogens is 5. The van der Waals surface area contributed by atoms with Crippen LogP contribution >= 0.6 is 11.6 Å². The van der Waals surface area contributed by atoms with Crippen LogP contribution in [-0.4, -0.2) is 66.0 Å². The minimum atomic E-state index is -3.37. The second-order valence-electron chi connectivity index (χ2n) is 10.7. The Morgan fingerprint density at radius 3 is 2.21 bits per heavy atom. The maximum Gasteiger partial charge on any atom is 0.387 e. The zero-order chi connectivity index (χ0) is 34.2. The zero-order valence-corrected chi connectivity index (χ0v) is 26.7. The lowest BCUT2D eigenvalue weighted by Crippen LogP contribution is -2.37. The summed E-state index contributed by atoms with van der Waals surface area (Å²) in [6.45, 7) is -2.56. The number of benzene rings is 2. The van der Waals surface area contributed by atoms with E-state index in [-0.39, 0.29) is 52.6 Å². The van der Waals surface area contributed by atoms with E-state index in [9.17, 15) is 26.8 Å². The molecule has 0 spiro atoms. The van der Waals surface area contributed by atoms with Gasteiger partial charge in [0.1, 0.15) is 34.5 Å². The number of aromatic nitrogens is 3. The number of carbonyl (C=O) groups excluding carboxylic acids is 1. The molecular weight excluding hydrogens is 670 g/mol. The van der Waals surface area contributed by atoms with E-state index in [0.717, 1.165) is 39.9 Å². The van der Waals surface area contributed by atoms with Crippen LogP contribution in [0.4, 0.5) is 23.2 Å². The quantitative estimate of drug-likeness (QED) is 0.239. The largest absolute Gasteiger partial charge is 0.497 e. The van der Waals surface area contributed by atoms with Crippen LogP contribution in [0, 0.1) is 11.6 Å². The maximum absolute atomic E-state index is 15.5. The molecule has 250 valence electrons. The number of hydrogen-bond acceptors (Lipinski definition) is 7. The highest BCUT2D eigenvalue weighted by molar-refractivity contribution is 7.88. The van der Waals surface area contributed by atoms with Crippen molar-refractivity contribution < 1.29 is 40.2 Å². The number of sulfonamides is 1. The van der Waals surface area contributed by atoms with Crippen molar-refractivity contribution in [3.63, 3.8) is 0 Å². The number of anilines is 1. The molecule has 3 heterocycles. The molecule has 11 nitrogen and oxygen atoms in total. The molecule has 1 N–H and O–H groups in total. The molecule has 0 bridgehead atoms. The number of methoxy groups -OCH3 is 1. The van der Waals surface area contributed by atoms with Crippen molar-refractivity contribution in [2.45, 2.75) is 25.4 Å². The molecule has 2 aromatic heterocycles. The molecule has 5 rings (SSSR count). The maximum atomic E-state index is 15.5. The lowest BCUT2D eigenvalue weighted by atomic mass is 9.94. The van der Waals surface area contributed by atoms with Crippen molar-refractivity contribution in [3.05, 3.63) is 86.8 Å². The Hall–Kier alpha value is -4.41. The zero-order valence-electron chi connectivity index (χ0n) is 25.1. The number of nitrogens with one attached hydrogen (secondary N) is 1. The highest BCUT2D eigenvalue weighted by Gasteiger charge is 2.31. The second kappa shape index (κ2) is 13.4. The molecule has 0 radical (unpaired) electrons. The number of nitrogens with zero attached hydrogens (tertiary/aromatic N) is 4. The van der Waals surface area contributed by atoms with Crippen molar-refractivity contribution in [2.75, 3.05) is 31.8 Å². The fourth-order valence-corrected chi connectivity index (χ4v) is 6.47. The van der Waals surface area contributed by atoms with Gasteiger partial charge in [-0.3, -0.25) is 14.3 Å². The average molecular weight is 698 g/mol. The van der Waals surface area contributed by atoms with E-state index in [1.165, 1.54) is 36.7 Å². The molecule has 2 aromatic carbocycles. The highest BCUT2D eigenvalue weighted by atomic mass is 35.5. The Bertz CT molecular complexity index is 1970. The summed E-state index contributed by atoms with van der Waals surface area (Å²) < 4.78 is 92.7. The highest BCUT2D eigenvalue weighted by Crippen LogP contribution is 2.36. The van der Waals surface area contributed by atoms with Gasteiger partial charge in [-0.2, -0.15) is 13.5 Å². The summed E-state index contributed by atoms with van der Waals surface area (Å²) in [7, 11) is -0.837. The van der Waals surface area contributed by atoms with Gasteiger partial charge in [-0.25, -0.2) is 26.5 Å². The van der Waals surface area contributed by atoms with Gasteiger partial charge in [-0.1, -0.05) is 11.6 Å². The third kappa shape index (κ3) is 6.99. The SMILES string of the molecule is COc1cc(F)c(-c2c(NC(=O)c3ccc(OC(F)F)cc3)c(=O)n(-c3nc(C4CCN(S(C)(=O)=O)CC4)ccc3Cl)n2C)c(F)c1. The molecular formula is C30H28ClF4N5O6S. The predicted octanol–water partition coefficient (Wildman–Crippen LogP) is 5.17. The molecule has 0 atom stereocenters. The first-order valence-corrected chi connectivity index (χ1v) is 16.3. The number of piperidine rings is 1. The number of rotatable bonds is 9. The van der Waals surface area contributed by atoms with Gasteiger partial charge in [0.25, 0.3) is 11.5 Å². The van der Waals surface area contributed by atoms with Crippen molar-refractivity contribution in [1.29, 1.82) is 0 Å². The van der Waals surface area contributed by atoms with Crippen LogP contribution in [0.2, 0.25) is 5.02 Å². The van der Waals surface area contributed by atoms with Crippen molar-refractivity contribution in [3.8, 4) is 28.6 Å². The second-order valence-corrected chi connectivity index (χ2v) is 13.1. The first kappa shape index (κ1) is 33.9. The lowest BCUT2D eigenvalue weighted by molar-refractivity contribution is -0.0498. The molecule has 4 aromatic rings. The minimum Gasteiger partial charge on any atom is -0.497 e. The summed E-state index contributed by atoms with van der Waals surface area (Å²) in [5.74, 6) is -3.76. The monoisotopic (exact) mass is 697 g/mol. The van der Waals surface area contributed by atoms with Gasteiger partial charge in [0, 0.05) is 49.4 Å². The van der Waals surface area contributed by atoms with Crippen molar-refractivity contribution in [1.82, 2.24) is 18.7 Å². The van der Waals surface area contributed by atoms with Crippen LogP contribution < -0.4 is 20.3 Å². The van der Waals surface area contributed by atoms with E-state index >= 15 is 8.78 Å². The van der Waals surface area contributed by atoms with Gasteiger partial charge in [-0.05, 0) is 49.2 Å². The van der Waals surface area contributed by atoms with Crippen molar-refractivity contribution >= 4 is 33.2 Å². The molecule has 1 fully saturated rings. The van der Waals surface area contributed by atoms with Gasteiger partial charge >= 0.3 is 6.61 Å². The van der Waals surface area contributed by atoms with Gasteiger partial charge in [0.2, 0.25) is 10.0 Å². The van der Waals surface area contributed by atoms with E-state index in [2.05, 4.69) is 15.0 Å². The average Bonchev–Trinajstić information content (AvgIpc) is 3.24. The number of carbonyl (C=O) groups is 1. The number of amides is 1. The number of hydrogen-bond donors (Lipinski definition) is 1. The third-order valence-electron chi connectivity index (χ3n) is 7.73. The molecule has 47 heavy (non-hydrogen) atoms. The van der Waals surface area contributed by atoms with Crippen molar-refractivity contribution in [2.24, 2.45) is 7.05 Å². The topological polar surface area (TPSA) is 125 Å². The Morgan fingerprint density at radius 2 is 1.66 bits per heavy atom. The molecule has 1 aliphatic heterocycles. The third-order valence-corrected chi connectivity index (χ3v) is 9.32. The van der Waals surface area contributed by atoms with E-state index in [0.29, 0.717) is 18.5 Å². The Labute approximate surface area is 271 Å². The van der Waals surface area contributed by atoms with Gasteiger partial charge in [0.15, 0.2) is 5.82 Å². The predicted molar refractivity (Wildman–Crippen MR) is 165 cm³/mol. The van der Waals surface area contributed by atoms with E-state index in [4.69, 9.17) is 16.3 Å². The Balaban J connectivity index is 1.61. The molecule has 0 aliphatic carbocycles. The van der Waals surface area contributed by atoms with Crippen LogP contribution in [0.25, 0.3) is 17.1 Å². The van der Waals surface area contributed by atoms with Crippen LogP contribution in [0.15, 0.2) is 53.3 Å². The fraction of sp³-hybridized carbons (Fsp3) is 0.300. The Kier molecular flexibility index (Phi) is 9.65. The van der Waals surface area contributed by atoms with Gasteiger partial charge in [-0.15, -0.1) is 0 Å². The first-order chi connectivity index (χ1) is 22.2. The molecule has 0 saturated carbocycles. The summed E-state index contributed by atoms with van der Waals surface area (Å²) in [5.41, 5.74) is -2.09. The summed E-state index contributed by atoms with van der Waals surface area (Å²) in [6.07, 6.45) is 2.02. The molecule has 1 aliphatic rings. The van der Waals surface area contributed by atoms with E-state index in [1.807, 2.05) is 0 Å². The molecule has 17 heteroatoms. The normalized spacial score (nSPS) is 14.4. The number of alkyl halides is 2. The van der Waals surface area contributed by atoms with Crippen LogP contribution in [-0.2, 0) is 17.1 Å². The van der Waals surface area contributed by atoms with E-state index < -0.39 is 51.0 Å². The van der Waals surface area contributed by atoms with E-state index in [1.54, 1.807) is 6.07 Å². The standard InChI is InChI=1S/C30H28ClF4N5O6S/c1-38-26(24-21(32)14-19(45-2)15-22(24)33)25(37-28(41)17-4-6-18(7-5-17)46-30(34)35)29(42)40(38)27-20(31)8-9-23(36-27)16-10-12-39(13-11-16)47(3,43)44/h4-9,14-16,30H,10-13H2,1-3H3,(H,37,41). The smallest absolute Gasteiger partial charge is 0.387 e. The fourth-order valence-electron chi connectivity index (χ4n) is 5.42. The van der Waals surface area contributed by atoms with Crippen LogP contribution in [0.1, 0.15) is 34.8 Å². The molecule has 0 unspecified atom stereocenters. The first-order valence-electron chi connectivity index (χ1n) is 14.0. The molecule has 1 saturated heterocycles. The van der Waals surface area contributed by atoms with Crippen LogP contribution in [0.5, 0.6) is 11.5 Å². The van der Waals surface area contributed by atoms with Gasteiger partial charge < -0.3 is 14.8 Å². The number of pyridine rings is 1. The number of ether oxygens (including phenoxy) is 2. The Morgan fingerprint density at radius 1 is 1.04 bits per heavy atom. The summed E-state index contributed by atoms with van der Waals surface area (Å²) in [6, 6.07) is 9.52. The molecule has 1 amide bonds. The van der Waals surface area contributed by atoms with Crippen LogP contribution in [0.3, 0.4) is 0 Å². The summed E-state index contributed by atoms with van der Waals surface area (Å²) in [4.78, 5) is 31.9. The summed E-state index contributed by atoms with van der Waals surface area (Å²) in [5, 5.41) is 2.40. The summed E-state index contributed by atoms with van der Waals surface area (Å²) >= 11 is 6.52. The minimum absolute atomic E-state index is 0.000239. The lowest BCUT2D eigenvalue weighted by Gasteiger charge is -2.30.